The van der Waals surface area contributed by atoms with Crippen molar-refractivity contribution in [1.82, 2.24) is 10.2 Å². The number of hydrogen-bond acceptors (Lipinski definition) is 3. The zero-order chi connectivity index (χ0) is 13.0. The third-order valence-corrected chi connectivity index (χ3v) is 5.80. The number of nitrogens with zero attached hydrogens (tertiary/aromatic N) is 1. The number of aliphatic hydroxyl groups is 1. The molecule has 0 aromatic carbocycles. The molecule has 4 atom stereocenters. The summed E-state index contributed by atoms with van der Waals surface area (Å²) in [5, 5.41) is 12.8. The first-order valence-electron chi connectivity index (χ1n) is 7.91. The van der Waals surface area contributed by atoms with Crippen molar-refractivity contribution in [3.05, 3.63) is 0 Å². The molecule has 3 aliphatic heterocycles. The number of amides is 1. The van der Waals surface area contributed by atoms with E-state index >= 15 is 0 Å². The molecular weight excluding hydrogens is 276 g/mol. The molecule has 3 heterocycles. The van der Waals surface area contributed by atoms with Crippen LogP contribution in [0.25, 0.3) is 0 Å². The molecule has 20 heavy (non-hydrogen) atoms. The van der Waals surface area contributed by atoms with Gasteiger partial charge in [0.2, 0.25) is 5.91 Å². The van der Waals surface area contributed by atoms with Crippen molar-refractivity contribution in [2.45, 2.75) is 56.7 Å². The van der Waals surface area contributed by atoms with Crippen LogP contribution in [-0.4, -0.2) is 47.2 Å². The number of hydrogen-bond donors (Lipinski definition) is 2. The average Bonchev–Trinajstić information content (AvgIpc) is 2.71. The maximum absolute atomic E-state index is 12.7. The van der Waals surface area contributed by atoms with Crippen molar-refractivity contribution < 1.29 is 9.90 Å². The van der Waals surface area contributed by atoms with Crippen LogP contribution in [0.1, 0.15) is 38.5 Å². The Morgan fingerprint density at radius 2 is 1.65 bits per heavy atom. The number of fused-ring (bicyclic) bond motifs is 1. The van der Waals surface area contributed by atoms with Crippen LogP contribution in [0.5, 0.6) is 0 Å². The SMILES string of the molecule is Cl.O=C(C1CC(O)CN1)N1CC2CC3CC(C2)CC1C3. The fourth-order valence-corrected chi connectivity index (χ4v) is 5.16. The molecule has 2 aliphatic carbocycles. The van der Waals surface area contributed by atoms with E-state index in [9.17, 15) is 9.90 Å². The van der Waals surface area contributed by atoms with Gasteiger partial charge in [0.05, 0.1) is 12.1 Å². The molecular formula is C15H25ClN2O2. The number of carbonyl (C=O) groups excluding carboxylic acids is 1. The van der Waals surface area contributed by atoms with Crippen molar-refractivity contribution in [3.8, 4) is 0 Å². The molecule has 3 saturated heterocycles. The quantitative estimate of drug-likeness (QED) is 0.764. The van der Waals surface area contributed by atoms with Gasteiger partial charge in [0.25, 0.3) is 0 Å². The summed E-state index contributed by atoms with van der Waals surface area (Å²) in [5.41, 5.74) is 0. The summed E-state index contributed by atoms with van der Waals surface area (Å²) in [6.07, 6.45) is 6.82. The lowest BCUT2D eigenvalue weighted by atomic mass is 9.68. The van der Waals surface area contributed by atoms with Gasteiger partial charge in [-0.3, -0.25) is 4.79 Å². The van der Waals surface area contributed by atoms with E-state index in [2.05, 4.69) is 10.2 Å². The smallest absolute Gasteiger partial charge is 0.240 e. The fraction of sp³-hybridized carbons (Fsp3) is 0.933. The van der Waals surface area contributed by atoms with Crippen LogP contribution in [0.2, 0.25) is 0 Å². The van der Waals surface area contributed by atoms with E-state index in [0.717, 1.165) is 24.3 Å². The van der Waals surface area contributed by atoms with E-state index in [1.165, 1.54) is 32.1 Å². The fourth-order valence-electron chi connectivity index (χ4n) is 5.16. The van der Waals surface area contributed by atoms with E-state index in [1.807, 2.05) is 0 Å². The average molecular weight is 301 g/mol. The molecule has 0 radical (unpaired) electrons. The number of β-amino-alcohol motifs (C(OH)–C–C–N with tert-alkyl or cyclic N) is 1. The molecule has 5 fully saturated rings. The Bertz CT molecular complexity index is 378. The molecule has 5 heteroatoms. The van der Waals surface area contributed by atoms with Gasteiger partial charge in [-0.2, -0.15) is 0 Å². The van der Waals surface area contributed by atoms with Crippen molar-refractivity contribution in [2.24, 2.45) is 17.8 Å². The van der Waals surface area contributed by atoms with Gasteiger partial charge >= 0.3 is 0 Å². The highest BCUT2D eigenvalue weighted by Crippen LogP contribution is 2.47. The van der Waals surface area contributed by atoms with Gasteiger partial charge in [-0.1, -0.05) is 0 Å². The molecule has 4 bridgehead atoms. The molecule has 4 nitrogen and oxygen atoms in total. The Labute approximate surface area is 126 Å². The summed E-state index contributed by atoms with van der Waals surface area (Å²) in [5.74, 6) is 2.76. The molecule has 0 aromatic rings. The van der Waals surface area contributed by atoms with Crippen molar-refractivity contribution in [1.29, 1.82) is 0 Å². The summed E-state index contributed by atoms with van der Waals surface area (Å²) in [7, 11) is 0. The van der Waals surface area contributed by atoms with Crippen LogP contribution in [0.15, 0.2) is 0 Å². The summed E-state index contributed by atoms with van der Waals surface area (Å²) in [6, 6.07) is 0.356. The van der Waals surface area contributed by atoms with E-state index < -0.39 is 0 Å². The van der Waals surface area contributed by atoms with Gasteiger partial charge in [-0.25, -0.2) is 0 Å². The van der Waals surface area contributed by atoms with E-state index in [4.69, 9.17) is 0 Å². The van der Waals surface area contributed by atoms with Crippen molar-refractivity contribution in [3.63, 3.8) is 0 Å². The standard InChI is InChI=1S/C15H24N2O2.ClH/c18-13-6-14(16-7-13)15(19)17-8-11-2-9-1-10(3-11)5-12(17)4-9;/h9-14,16,18H,1-8H2;1H. The number of rotatable bonds is 1. The van der Waals surface area contributed by atoms with Gasteiger partial charge < -0.3 is 15.3 Å². The Balaban J connectivity index is 0.00000121. The molecule has 5 aliphatic rings. The summed E-state index contributed by atoms with van der Waals surface area (Å²) in [4.78, 5) is 14.9. The van der Waals surface area contributed by atoms with Crippen LogP contribution < -0.4 is 5.32 Å². The predicted octanol–water partition coefficient (Wildman–Crippen LogP) is 1.17. The highest BCUT2D eigenvalue weighted by molar-refractivity contribution is 5.85. The lowest BCUT2D eigenvalue weighted by molar-refractivity contribution is -0.136. The topological polar surface area (TPSA) is 52.6 Å². The third-order valence-electron chi connectivity index (χ3n) is 5.80. The van der Waals surface area contributed by atoms with Gasteiger partial charge in [0, 0.05) is 19.1 Å². The first-order valence-corrected chi connectivity index (χ1v) is 7.91. The lowest BCUT2D eigenvalue weighted by Gasteiger charge is -2.39. The summed E-state index contributed by atoms with van der Waals surface area (Å²) < 4.78 is 0. The largest absolute Gasteiger partial charge is 0.392 e. The second kappa shape index (κ2) is 5.47. The van der Waals surface area contributed by atoms with E-state index in [-0.39, 0.29) is 30.5 Å². The highest BCUT2D eigenvalue weighted by Gasteiger charge is 2.45. The lowest BCUT2D eigenvalue weighted by Crippen LogP contribution is -2.49. The minimum Gasteiger partial charge on any atom is -0.392 e. The van der Waals surface area contributed by atoms with Gasteiger partial charge in [0.1, 0.15) is 0 Å². The normalized spacial score (nSPS) is 46.1. The van der Waals surface area contributed by atoms with Crippen LogP contribution >= 0.6 is 12.4 Å². The molecule has 2 N–H and O–H groups in total. The predicted molar refractivity (Wildman–Crippen MR) is 78.7 cm³/mol. The van der Waals surface area contributed by atoms with Gasteiger partial charge in [-0.05, 0) is 56.3 Å². The monoisotopic (exact) mass is 300 g/mol. The maximum Gasteiger partial charge on any atom is 0.240 e. The zero-order valence-corrected chi connectivity index (χ0v) is 12.6. The van der Waals surface area contributed by atoms with Crippen LogP contribution in [0, 0.1) is 17.8 Å². The van der Waals surface area contributed by atoms with Crippen molar-refractivity contribution >= 4 is 18.3 Å². The summed E-state index contributed by atoms with van der Waals surface area (Å²) >= 11 is 0. The molecule has 4 unspecified atom stereocenters. The Kier molecular flexibility index (Phi) is 3.99. The number of carbonyl (C=O) groups is 1. The van der Waals surface area contributed by atoms with Gasteiger partial charge in [-0.15, -0.1) is 12.4 Å². The van der Waals surface area contributed by atoms with E-state index in [0.29, 0.717) is 19.0 Å². The minimum atomic E-state index is -0.339. The first-order chi connectivity index (χ1) is 9.19. The molecule has 0 spiro atoms. The van der Waals surface area contributed by atoms with Gasteiger partial charge in [0.15, 0.2) is 0 Å². The minimum absolute atomic E-state index is 0. The summed E-state index contributed by atoms with van der Waals surface area (Å²) in [6.45, 7) is 1.55. The first kappa shape index (κ1) is 14.6. The second-order valence-corrected chi connectivity index (χ2v) is 7.27. The molecule has 114 valence electrons. The molecule has 0 aromatic heterocycles. The number of halogens is 1. The molecule has 2 saturated carbocycles. The Hall–Kier alpha value is -0.320. The zero-order valence-electron chi connectivity index (χ0n) is 11.8. The van der Waals surface area contributed by atoms with Crippen LogP contribution in [-0.2, 0) is 4.79 Å². The Morgan fingerprint density at radius 1 is 1.00 bits per heavy atom. The third kappa shape index (κ3) is 2.46. The number of aliphatic hydroxyl groups excluding tert-OH is 1. The maximum atomic E-state index is 12.7. The second-order valence-electron chi connectivity index (χ2n) is 7.27. The number of nitrogens with one attached hydrogen (secondary N) is 1. The molecule has 5 rings (SSSR count). The van der Waals surface area contributed by atoms with E-state index in [1.54, 1.807) is 0 Å². The van der Waals surface area contributed by atoms with Crippen LogP contribution in [0.3, 0.4) is 0 Å². The van der Waals surface area contributed by atoms with Crippen LogP contribution in [0.4, 0.5) is 0 Å². The van der Waals surface area contributed by atoms with Crippen molar-refractivity contribution in [2.75, 3.05) is 13.1 Å². The Morgan fingerprint density at radius 3 is 2.25 bits per heavy atom. The highest BCUT2D eigenvalue weighted by atomic mass is 35.5. The molecule has 1 amide bonds.